The molecule has 0 unspecified atom stereocenters. The minimum absolute atomic E-state index is 0.314. The lowest BCUT2D eigenvalue weighted by atomic mass is 9.99. The van der Waals surface area contributed by atoms with Crippen molar-refractivity contribution < 1.29 is 0 Å². The van der Waals surface area contributed by atoms with Gasteiger partial charge in [-0.05, 0) is 39.5 Å². The first-order valence-corrected chi connectivity index (χ1v) is 5.82. The fourth-order valence-electron chi connectivity index (χ4n) is 2.09. The molecule has 0 aromatic carbocycles. The van der Waals surface area contributed by atoms with Gasteiger partial charge in [0, 0.05) is 31.0 Å². The van der Waals surface area contributed by atoms with E-state index < -0.39 is 0 Å². The highest BCUT2D eigenvalue weighted by Gasteiger charge is 2.36. The van der Waals surface area contributed by atoms with Gasteiger partial charge in [-0.2, -0.15) is 0 Å². The van der Waals surface area contributed by atoms with Crippen molar-refractivity contribution in [1.29, 1.82) is 0 Å². The topological polar surface area (TPSA) is 29.9 Å². The molecule has 1 aliphatic rings. The van der Waals surface area contributed by atoms with Crippen LogP contribution in [0.4, 0.5) is 0 Å². The Morgan fingerprint density at radius 2 is 2.27 bits per heavy atom. The van der Waals surface area contributed by atoms with Crippen LogP contribution < -0.4 is 5.32 Å². The van der Waals surface area contributed by atoms with Crippen LogP contribution in [0.2, 0.25) is 0 Å². The van der Waals surface area contributed by atoms with Crippen LogP contribution in [0.1, 0.15) is 32.5 Å². The quantitative estimate of drug-likeness (QED) is 0.800. The molecular weight excluding hydrogens is 186 g/mol. The van der Waals surface area contributed by atoms with Crippen molar-refractivity contribution in [2.75, 3.05) is 6.54 Å². The van der Waals surface area contributed by atoms with Crippen LogP contribution in [0.3, 0.4) is 0 Å². The fourth-order valence-corrected chi connectivity index (χ4v) is 2.09. The van der Waals surface area contributed by atoms with Crippen molar-refractivity contribution in [2.24, 2.45) is 5.92 Å². The average Bonchev–Trinajstić information content (AvgIpc) is 2.94. The number of hydrogen-bond acceptors (Lipinski definition) is 2. The monoisotopic (exact) mass is 207 g/mol. The second-order valence-corrected chi connectivity index (χ2v) is 5.09. The van der Waals surface area contributed by atoms with Gasteiger partial charge >= 0.3 is 0 Å². The third kappa shape index (κ3) is 2.59. The van der Waals surface area contributed by atoms with Gasteiger partial charge in [0.25, 0.3) is 0 Å². The molecule has 0 radical (unpaired) electrons. The summed E-state index contributed by atoms with van der Waals surface area (Å²) in [5.41, 5.74) is 0.314. The van der Waals surface area contributed by atoms with Crippen LogP contribution >= 0.6 is 0 Å². The van der Waals surface area contributed by atoms with Crippen molar-refractivity contribution >= 4 is 0 Å². The first-order valence-electron chi connectivity index (χ1n) is 5.82. The van der Waals surface area contributed by atoms with E-state index in [1.54, 1.807) is 0 Å². The fraction of sp³-hybridized carbons (Fsp3) is 0.750. The minimum Gasteiger partial charge on any atom is -0.334 e. The van der Waals surface area contributed by atoms with Crippen molar-refractivity contribution in [1.82, 2.24) is 14.9 Å². The summed E-state index contributed by atoms with van der Waals surface area (Å²) in [6, 6.07) is 0. The first kappa shape index (κ1) is 10.7. The van der Waals surface area contributed by atoms with Gasteiger partial charge in [0.2, 0.25) is 0 Å². The van der Waals surface area contributed by atoms with E-state index in [2.05, 4.69) is 28.7 Å². The Kier molecular flexibility index (Phi) is 2.83. The Balaban J connectivity index is 1.77. The largest absolute Gasteiger partial charge is 0.334 e. The van der Waals surface area contributed by atoms with Gasteiger partial charge < -0.3 is 9.88 Å². The highest BCUT2D eigenvalue weighted by molar-refractivity contribution is 4.94. The van der Waals surface area contributed by atoms with E-state index in [0.29, 0.717) is 5.54 Å². The maximum atomic E-state index is 4.21. The van der Waals surface area contributed by atoms with E-state index >= 15 is 0 Å². The van der Waals surface area contributed by atoms with Gasteiger partial charge in [0.15, 0.2) is 0 Å². The second-order valence-electron chi connectivity index (χ2n) is 5.09. The zero-order valence-electron chi connectivity index (χ0n) is 9.95. The number of imidazole rings is 1. The summed E-state index contributed by atoms with van der Waals surface area (Å²) in [5.74, 6) is 1.99. The molecule has 1 fully saturated rings. The summed E-state index contributed by atoms with van der Waals surface area (Å²) in [4.78, 5) is 4.21. The van der Waals surface area contributed by atoms with Crippen molar-refractivity contribution in [3.8, 4) is 0 Å². The third-order valence-corrected chi connectivity index (χ3v) is 3.45. The molecular formula is C12H21N3. The average molecular weight is 207 g/mol. The molecule has 0 aliphatic heterocycles. The lowest BCUT2D eigenvalue weighted by molar-refractivity contribution is 0.334. The molecule has 0 atom stereocenters. The molecule has 84 valence electrons. The second kappa shape index (κ2) is 3.97. The number of nitrogens with zero attached hydrogens (tertiary/aromatic N) is 2. The number of rotatable bonds is 5. The molecule has 1 aromatic heterocycles. The summed E-state index contributed by atoms with van der Waals surface area (Å²) in [6.45, 7) is 8.71. The molecule has 15 heavy (non-hydrogen) atoms. The Hall–Kier alpha value is -0.830. The van der Waals surface area contributed by atoms with E-state index in [1.807, 2.05) is 19.3 Å². The molecule has 0 bridgehead atoms. The van der Waals surface area contributed by atoms with E-state index in [0.717, 1.165) is 24.8 Å². The summed E-state index contributed by atoms with van der Waals surface area (Å²) in [6.07, 6.45) is 6.69. The molecule has 0 saturated heterocycles. The molecule has 1 saturated carbocycles. The lowest BCUT2D eigenvalue weighted by Crippen LogP contribution is -2.42. The molecule has 1 aromatic rings. The van der Waals surface area contributed by atoms with Gasteiger partial charge in [-0.1, -0.05) is 0 Å². The Morgan fingerprint density at radius 3 is 2.80 bits per heavy atom. The molecule has 1 heterocycles. The van der Waals surface area contributed by atoms with Crippen molar-refractivity contribution in [3.05, 3.63) is 18.2 Å². The lowest BCUT2D eigenvalue weighted by Gasteiger charge is -2.26. The van der Waals surface area contributed by atoms with Crippen LogP contribution in [0.5, 0.6) is 0 Å². The first-order chi connectivity index (χ1) is 7.09. The van der Waals surface area contributed by atoms with Gasteiger partial charge in [0.1, 0.15) is 5.82 Å². The van der Waals surface area contributed by atoms with Crippen LogP contribution in [-0.4, -0.2) is 21.6 Å². The smallest absolute Gasteiger partial charge is 0.105 e. The highest BCUT2D eigenvalue weighted by atomic mass is 15.1. The summed E-state index contributed by atoms with van der Waals surface area (Å²) >= 11 is 0. The number of hydrogen-bond donors (Lipinski definition) is 1. The number of aryl methyl sites for hydroxylation is 1. The minimum atomic E-state index is 0.314. The van der Waals surface area contributed by atoms with Gasteiger partial charge in [-0.3, -0.25) is 0 Å². The van der Waals surface area contributed by atoms with E-state index in [-0.39, 0.29) is 0 Å². The zero-order chi connectivity index (χ0) is 10.9. The van der Waals surface area contributed by atoms with E-state index in [1.165, 1.54) is 12.8 Å². The standard InChI is InChI=1S/C12H21N3/c1-10-13-6-8-15(10)9-7-14-12(2,3)11-4-5-11/h6,8,11,14H,4-5,7,9H2,1-3H3. The molecule has 0 amide bonds. The van der Waals surface area contributed by atoms with Crippen molar-refractivity contribution in [3.63, 3.8) is 0 Å². The highest BCUT2D eigenvalue weighted by Crippen LogP contribution is 2.38. The van der Waals surface area contributed by atoms with E-state index in [9.17, 15) is 0 Å². The summed E-state index contributed by atoms with van der Waals surface area (Å²) < 4.78 is 2.19. The van der Waals surface area contributed by atoms with Crippen LogP contribution in [0.15, 0.2) is 12.4 Å². The molecule has 3 nitrogen and oxygen atoms in total. The molecule has 0 spiro atoms. The molecule has 3 heteroatoms. The normalized spacial score (nSPS) is 17.0. The zero-order valence-corrected chi connectivity index (χ0v) is 9.95. The maximum absolute atomic E-state index is 4.21. The number of aromatic nitrogens is 2. The Labute approximate surface area is 91.9 Å². The maximum Gasteiger partial charge on any atom is 0.105 e. The van der Waals surface area contributed by atoms with Crippen LogP contribution in [0, 0.1) is 12.8 Å². The molecule has 1 N–H and O–H groups in total. The summed E-state index contributed by atoms with van der Waals surface area (Å²) in [7, 11) is 0. The number of nitrogens with one attached hydrogen (secondary N) is 1. The predicted molar refractivity (Wildman–Crippen MR) is 61.8 cm³/mol. The van der Waals surface area contributed by atoms with E-state index in [4.69, 9.17) is 0 Å². The molecule has 1 aliphatic carbocycles. The van der Waals surface area contributed by atoms with Crippen LogP contribution in [0.25, 0.3) is 0 Å². The Morgan fingerprint density at radius 1 is 1.53 bits per heavy atom. The van der Waals surface area contributed by atoms with Crippen molar-refractivity contribution in [2.45, 2.75) is 45.7 Å². The SMILES string of the molecule is Cc1nccn1CCNC(C)(C)C1CC1. The third-order valence-electron chi connectivity index (χ3n) is 3.45. The van der Waals surface area contributed by atoms with Gasteiger partial charge in [-0.15, -0.1) is 0 Å². The predicted octanol–water partition coefficient (Wildman–Crippen LogP) is 1.97. The van der Waals surface area contributed by atoms with Crippen LogP contribution in [-0.2, 0) is 6.54 Å². The van der Waals surface area contributed by atoms with Gasteiger partial charge in [-0.25, -0.2) is 4.98 Å². The Bertz CT molecular complexity index is 323. The molecule has 2 rings (SSSR count). The van der Waals surface area contributed by atoms with Gasteiger partial charge in [0.05, 0.1) is 0 Å². The summed E-state index contributed by atoms with van der Waals surface area (Å²) in [5, 5.41) is 3.64.